The Morgan fingerprint density at radius 1 is 1.14 bits per heavy atom. The fraction of sp³-hybridized carbons (Fsp3) is 0.533. The van der Waals surface area contributed by atoms with E-state index in [1.165, 1.54) is 24.3 Å². The van der Waals surface area contributed by atoms with Crippen LogP contribution in [0.25, 0.3) is 0 Å². The van der Waals surface area contributed by atoms with Gasteiger partial charge in [0.15, 0.2) is 0 Å². The van der Waals surface area contributed by atoms with E-state index in [4.69, 9.17) is 11.6 Å². The van der Waals surface area contributed by atoms with Crippen molar-refractivity contribution in [3.8, 4) is 0 Å². The lowest BCUT2D eigenvalue weighted by Gasteiger charge is -2.24. The van der Waals surface area contributed by atoms with Crippen LogP contribution in [0.15, 0.2) is 29.2 Å². The number of nitrogens with one attached hydrogen (secondary N) is 1. The van der Waals surface area contributed by atoms with Crippen LogP contribution in [-0.4, -0.2) is 38.4 Å². The van der Waals surface area contributed by atoms with Crippen molar-refractivity contribution in [3.63, 3.8) is 0 Å². The van der Waals surface area contributed by atoms with Crippen LogP contribution in [0, 0.1) is 0 Å². The summed E-state index contributed by atoms with van der Waals surface area (Å²) < 4.78 is 27.0. The quantitative estimate of drug-likeness (QED) is 0.912. The number of carbonyl (C=O) groups excluding carboxylic acids is 1. The van der Waals surface area contributed by atoms with Crippen molar-refractivity contribution in [2.24, 2.45) is 0 Å². The first-order valence-corrected chi connectivity index (χ1v) is 9.33. The highest BCUT2D eigenvalue weighted by Crippen LogP contribution is 2.15. The van der Waals surface area contributed by atoms with E-state index >= 15 is 0 Å². The molecule has 1 amide bonds. The molecule has 22 heavy (non-hydrogen) atoms. The zero-order valence-electron chi connectivity index (χ0n) is 12.6. The third kappa shape index (κ3) is 4.44. The summed E-state index contributed by atoms with van der Waals surface area (Å²) in [5, 5.41) is 0.465. The molecular weight excluding hydrogens is 324 g/mol. The molecule has 1 heterocycles. The highest BCUT2D eigenvalue weighted by Gasteiger charge is 2.26. The number of amides is 1. The molecule has 7 heteroatoms. The summed E-state index contributed by atoms with van der Waals surface area (Å²) >= 11 is 5.76. The van der Waals surface area contributed by atoms with E-state index in [9.17, 15) is 13.2 Å². The predicted molar refractivity (Wildman–Crippen MR) is 86.3 cm³/mol. The summed E-state index contributed by atoms with van der Waals surface area (Å²) in [6, 6.07) is 5.09. The van der Waals surface area contributed by atoms with E-state index in [2.05, 4.69) is 4.72 Å². The second kappa shape index (κ2) is 7.44. The summed E-state index contributed by atoms with van der Waals surface area (Å²) in [6.45, 7) is 2.98. The lowest BCUT2D eigenvalue weighted by Crippen LogP contribution is -2.47. The van der Waals surface area contributed by atoms with E-state index in [1.54, 1.807) is 11.8 Å². The van der Waals surface area contributed by atoms with Crippen LogP contribution in [0.1, 0.15) is 32.6 Å². The minimum absolute atomic E-state index is 0.104. The third-order valence-electron chi connectivity index (χ3n) is 3.74. The molecule has 0 saturated carbocycles. The van der Waals surface area contributed by atoms with E-state index in [1.807, 2.05) is 0 Å². The number of rotatable bonds is 4. The van der Waals surface area contributed by atoms with Gasteiger partial charge in [-0.2, -0.15) is 4.72 Å². The highest BCUT2D eigenvalue weighted by molar-refractivity contribution is 7.89. The van der Waals surface area contributed by atoms with E-state index in [0.717, 1.165) is 25.7 Å². The van der Waals surface area contributed by atoms with Crippen LogP contribution < -0.4 is 4.72 Å². The molecule has 0 unspecified atom stereocenters. The maximum Gasteiger partial charge on any atom is 0.241 e. The number of hydrogen-bond donors (Lipinski definition) is 1. The number of carbonyl (C=O) groups is 1. The maximum absolute atomic E-state index is 12.4. The Bertz CT molecular complexity index is 608. The number of likely N-dealkylation sites (tertiary alicyclic amines) is 1. The van der Waals surface area contributed by atoms with Gasteiger partial charge in [0.2, 0.25) is 15.9 Å². The maximum atomic E-state index is 12.4. The Kier molecular flexibility index (Phi) is 5.83. The van der Waals surface area contributed by atoms with Gasteiger partial charge in [-0.1, -0.05) is 24.4 Å². The molecule has 122 valence electrons. The van der Waals surface area contributed by atoms with Crippen LogP contribution in [0.2, 0.25) is 5.02 Å². The normalized spacial score (nSPS) is 17.8. The Morgan fingerprint density at radius 2 is 1.68 bits per heavy atom. The van der Waals surface area contributed by atoms with Crippen LogP contribution >= 0.6 is 11.6 Å². The summed E-state index contributed by atoms with van der Waals surface area (Å²) in [4.78, 5) is 14.2. The van der Waals surface area contributed by atoms with Crippen molar-refractivity contribution >= 4 is 27.5 Å². The molecule has 1 aliphatic rings. The third-order valence-corrected chi connectivity index (χ3v) is 5.55. The van der Waals surface area contributed by atoms with Gasteiger partial charge in [-0.25, -0.2) is 8.42 Å². The number of benzene rings is 1. The molecule has 1 aliphatic heterocycles. The molecule has 1 aromatic rings. The van der Waals surface area contributed by atoms with Crippen molar-refractivity contribution in [2.45, 2.75) is 43.5 Å². The fourth-order valence-electron chi connectivity index (χ4n) is 2.53. The largest absolute Gasteiger partial charge is 0.341 e. The second-order valence-electron chi connectivity index (χ2n) is 5.54. The Labute approximate surface area is 136 Å². The summed E-state index contributed by atoms with van der Waals surface area (Å²) in [5.41, 5.74) is 0. The van der Waals surface area contributed by atoms with Crippen LogP contribution in [0.4, 0.5) is 0 Å². The van der Waals surface area contributed by atoms with Crippen LogP contribution in [-0.2, 0) is 14.8 Å². The second-order valence-corrected chi connectivity index (χ2v) is 7.69. The number of nitrogens with zero attached hydrogens (tertiary/aromatic N) is 1. The molecule has 0 aliphatic carbocycles. The molecule has 0 aromatic heterocycles. The molecule has 5 nitrogen and oxygen atoms in total. The number of sulfonamides is 1. The molecule has 1 aromatic carbocycles. The summed E-state index contributed by atoms with van der Waals surface area (Å²) in [7, 11) is -3.73. The molecule has 2 rings (SSSR count). The summed E-state index contributed by atoms with van der Waals surface area (Å²) in [5.74, 6) is -0.167. The average molecular weight is 345 g/mol. The molecule has 1 N–H and O–H groups in total. The van der Waals surface area contributed by atoms with Crippen LogP contribution in [0.5, 0.6) is 0 Å². The van der Waals surface area contributed by atoms with Crippen molar-refractivity contribution in [1.82, 2.24) is 9.62 Å². The first-order chi connectivity index (χ1) is 10.4. The van der Waals surface area contributed by atoms with Gasteiger partial charge in [0, 0.05) is 18.1 Å². The standard InChI is InChI=1S/C15H21ClN2O3S/c1-12(15(19)18-10-4-2-3-5-11-18)17-22(20,21)14-8-6-13(16)7-9-14/h6-9,12,17H,2-5,10-11H2,1H3/t12-/m1/s1. The monoisotopic (exact) mass is 344 g/mol. The molecule has 0 spiro atoms. The minimum Gasteiger partial charge on any atom is -0.341 e. The van der Waals surface area contributed by atoms with E-state index in [0.29, 0.717) is 18.1 Å². The van der Waals surface area contributed by atoms with Gasteiger partial charge in [0.1, 0.15) is 0 Å². The van der Waals surface area contributed by atoms with Gasteiger partial charge in [-0.3, -0.25) is 4.79 Å². The molecule has 1 atom stereocenters. The van der Waals surface area contributed by atoms with E-state index < -0.39 is 16.1 Å². The minimum atomic E-state index is -3.73. The molecule has 1 saturated heterocycles. The van der Waals surface area contributed by atoms with Crippen LogP contribution in [0.3, 0.4) is 0 Å². The van der Waals surface area contributed by atoms with Gasteiger partial charge in [0.05, 0.1) is 10.9 Å². The lowest BCUT2D eigenvalue weighted by atomic mass is 10.2. The Balaban J connectivity index is 2.04. The Morgan fingerprint density at radius 3 is 2.23 bits per heavy atom. The first kappa shape index (κ1) is 17.2. The van der Waals surface area contributed by atoms with Crippen molar-refractivity contribution < 1.29 is 13.2 Å². The van der Waals surface area contributed by atoms with Gasteiger partial charge < -0.3 is 4.90 Å². The number of hydrogen-bond acceptors (Lipinski definition) is 3. The first-order valence-electron chi connectivity index (χ1n) is 7.47. The highest BCUT2D eigenvalue weighted by atomic mass is 35.5. The molecular formula is C15H21ClN2O3S. The Hall–Kier alpha value is -1.11. The fourth-order valence-corrected chi connectivity index (χ4v) is 3.85. The lowest BCUT2D eigenvalue weighted by molar-refractivity contribution is -0.132. The number of halogens is 1. The molecule has 0 radical (unpaired) electrons. The van der Waals surface area contributed by atoms with Crippen molar-refractivity contribution in [2.75, 3.05) is 13.1 Å². The zero-order chi connectivity index (χ0) is 16.2. The van der Waals surface area contributed by atoms with Crippen molar-refractivity contribution in [3.05, 3.63) is 29.3 Å². The van der Waals surface area contributed by atoms with E-state index in [-0.39, 0.29) is 10.8 Å². The van der Waals surface area contributed by atoms with Gasteiger partial charge in [-0.15, -0.1) is 0 Å². The topological polar surface area (TPSA) is 66.5 Å². The predicted octanol–water partition coefficient (Wildman–Crippen LogP) is 2.41. The van der Waals surface area contributed by atoms with Gasteiger partial charge in [-0.05, 0) is 44.0 Å². The smallest absolute Gasteiger partial charge is 0.241 e. The van der Waals surface area contributed by atoms with Gasteiger partial charge in [0.25, 0.3) is 0 Å². The molecule has 1 fully saturated rings. The van der Waals surface area contributed by atoms with Gasteiger partial charge >= 0.3 is 0 Å². The molecule has 0 bridgehead atoms. The van der Waals surface area contributed by atoms with Crippen molar-refractivity contribution in [1.29, 1.82) is 0 Å². The SMILES string of the molecule is C[C@@H](NS(=O)(=O)c1ccc(Cl)cc1)C(=O)N1CCCCCC1. The zero-order valence-corrected chi connectivity index (χ0v) is 14.2. The average Bonchev–Trinajstić information content (AvgIpc) is 2.75. The summed E-state index contributed by atoms with van der Waals surface area (Å²) in [6.07, 6.45) is 4.19.